The van der Waals surface area contributed by atoms with E-state index < -0.39 is 0 Å². The number of nitrogens with zero attached hydrogens (tertiary/aromatic N) is 2. The largest absolute Gasteiger partial charge is 0.327 e. The van der Waals surface area contributed by atoms with Crippen LogP contribution in [0.4, 0.5) is 0 Å². The highest BCUT2D eigenvalue weighted by atomic mass is 32.1. The average molecular weight is 198 g/mol. The quantitative estimate of drug-likeness (QED) is 0.617. The third kappa shape index (κ3) is 0.852. The molecule has 1 aromatic heterocycles. The molecule has 0 saturated heterocycles. The molecule has 4 rings (SSSR count). The third-order valence-corrected chi connectivity index (χ3v) is 3.86. The molecule has 2 bridgehead atoms. The fourth-order valence-corrected chi connectivity index (χ4v) is 3.35. The van der Waals surface area contributed by atoms with E-state index in [1.807, 2.05) is 0 Å². The van der Waals surface area contributed by atoms with Gasteiger partial charge in [0, 0.05) is 0 Å². The molecule has 13 heavy (non-hydrogen) atoms. The lowest BCUT2D eigenvalue weighted by Crippen LogP contribution is -2.41. The van der Waals surface area contributed by atoms with Crippen LogP contribution in [0.15, 0.2) is 9.59 Å². The molecule has 1 aliphatic carbocycles. The van der Waals surface area contributed by atoms with Crippen molar-refractivity contribution >= 4 is 11.3 Å². The summed E-state index contributed by atoms with van der Waals surface area (Å²) in [6, 6.07) is 0.605. The summed E-state index contributed by atoms with van der Waals surface area (Å²) in [7, 11) is 0. The van der Waals surface area contributed by atoms with E-state index in [1.165, 1.54) is 0 Å². The van der Waals surface area contributed by atoms with Crippen LogP contribution in [-0.4, -0.2) is 9.36 Å². The maximum Gasteiger partial charge on any atom is 0.327 e. The van der Waals surface area contributed by atoms with Gasteiger partial charge in [0.15, 0.2) is 0 Å². The van der Waals surface area contributed by atoms with Gasteiger partial charge in [-0.3, -0.25) is 9.59 Å². The first-order valence-electron chi connectivity index (χ1n) is 4.61. The van der Waals surface area contributed by atoms with Crippen molar-refractivity contribution in [2.24, 2.45) is 0 Å². The van der Waals surface area contributed by atoms with Gasteiger partial charge in [-0.15, -0.1) is 0 Å². The summed E-state index contributed by atoms with van der Waals surface area (Å²) in [5.74, 6) is 0. The molecule has 1 saturated carbocycles. The monoisotopic (exact) mass is 198 g/mol. The first-order valence-corrected chi connectivity index (χ1v) is 5.43. The molecule has 4 nitrogen and oxygen atoms in total. The topological polar surface area (TPSA) is 44.0 Å². The van der Waals surface area contributed by atoms with Crippen LogP contribution in [0.3, 0.4) is 0 Å². The molecule has 0 N–H and O–H groups in total. The van der Waals surface area contributed by atoms with Gasteiger partial charge in [-0.1, -0.05) is 0 Å². The van der Waals surface area contributed by atoms with E-state index >= 15 is 0 Å². The predicted molar refractivity (Wildman–Crippen MR) is 49.4 cm³/mol. The molecule has 70 valence electrons. The number of aromatic nitrogens is 2. The van der Waals surface area contributed by atoms with Crippen LogP contribution in [0.5, 0.6) is 0 Å². The number of hydrogen-bond acceptors (Lipinski definition) is 3. The smallest absolute Gasteiger partial charge is 0.255 e. The maximum atomic E-state index is 11.4. The minimum atomic E-state index is -0.0700. The standard InChI is InChI=1S/C8H10N2O2S/c11-7-9-5-1-2-6(4-3-5)10(9)8(12)13-7/h5-6H,1-4H2. The van der Waals surface area contributed by atoms with Crippen molar-refractivity contribution < 1.29 is 0 Å². The van der Waals surface area contributed by atoms with Crippen molar-refractivity contribution in [1.29, 1.82) is 0 Å². The van der Waals surface area contributed by atoms with E-state index in [9.17, 15) is 9.59 Å². The van der Waals surface area contributed by atoms with Crippen molar-refractivity contribution in [1.82, 2.24) is 9.36 Å². The van der Waals surface area contributed by atoms with Gasteiger partial charge in [0.2, 0.25) is 0 Å². The van der Waals surface area contributed by atoms with Gasteiger partial charge in [0.1, 0.15) is 0 Å². The molecule has 1 fully saturated rings. The molecular formula is C8H10N2O2S. The summed E-state index contributed by atoms with van der Waals surface area (Å²) in [6.07, 6.45) is 4.28. The summed E-state index contributed by atoms with van der Waals surface area (Å²) in [5, 5.41) is 0. The molecule has 0 aromatic carbocycles. The highest BCUT2D eigenvalue weighted by molar-refractivity contribution is 7.06. The van der Waals surface area contributed by atoms with Crippen molar-refractivity contribution in [3.05, 3.63) is 19.3 Å². The number of fused-ring (bicyclic) bond motifs is 2. The van der Waals surface area contributed by atoms with Crippen LogP contribution < -0.4 is 9.75 Å². The van der Waals surface area contributed by atoms with E-state index in [-0.39, 0.29) is 9.75 Å². The van der Waals surface area contributed by atoms with Crippen LogP contribution in [0.2, 0.25) is 0 Å². The van der Waals surface area contributed by atoms with Crippen molar-refractivity contribution in [2.45, 2.75) is 37.8 Å². The minimum Gasteiger partial charge on any atom is -0.255 e. The highest BCUT2D eigenvalue weighted by Crippen LogP contribution is 2.38. The SMILES string of the molecule is O=c1sc(=O)n2n1C1CCC2CC1. The van der Waals surface area contributed by atoms with Crippen LogP contribution in [-0.2, 0) is 0 Å². The Labute approximate surface area is 78.4 Å². The van der Waals surface area contributed by atoms with E-state index in [1.54, 1.807) is 9.36 Å². The Kier molecular flexibility index (Phi) is 1.36. The fraction of sp³-hybridized carbons (Fsp3) is 0.750. The molecule has 0 radical (unpaired) electrons. The Hall–Kier alpha value is -0.840. The van der Waals surface area contributed by atoms with Crippen LogP contribution in [0, 0.1) is 0 Å². The third-order valence-electron chi connectivity index (χ3n) is 3.14. The van der Waals surface area contributed by atoms with Gasteiger partial charge in [-0.25, -0.2) is 9.36 Å². The predicted octanol–water partition coefficient (Wildman–Crippen LogP) is 0.741. The Balaban J connectivity index is 2.37. The van der Waals surface area contributed by atoms with E-state index in [2.05, 4.69) is 0 Å². The van der Waals surface area contributed by atoms with Crippen LogP contribution >= 0.6 is 11.3 Å². The van der Waals surface area contributed by atoms with Crippen LogP contribution in [0.1, 0.15) is 37.8 Å². The zero-order chi connectivity index (χ0) is 9.00. The summed E-state index contributed by atoms with van der Waals surface area (Å²) < 4.78 is 3.37. The molecule has 2 aliphatic heterocycles. The lowest BCUT2D eigenvalue weighted by molar-refractivity contribution is 0.136. The van der Waals surface area contributed by atoms with Gasteiger partial charge in [0.25, 0.3) is 0 Å². The summed E-state index contributed by atoms with van der Waals surface area (Å²) in [6.45, 7) is 0. The summed E-state index contributed by atoms with van der Waals surface area (Å²) in [4.78, 5) is 22.7. The first kappa shape index (κ1) is 7.55. The summed E-state index contributed by atoms with van der Waals surface area (Å²) in [5.41, 5.74) is 0. The van der Waals surface area contributed by atoms with Crippen molar-refractivity contribution in [3.63, 3.8) is 0 Å². The van der Waals surface area contributed by atoms with Gasteiger partial charge >= 0.3 is 9.75 Å². The van der Waals surface area contributed by atoms with Gasteiger partial charge in [-0.2, -0.15) is 0 Å². The maximum absolute atomic E-state index is 11.4. The normalized spacial score (nSPS) is 30.5. The Morgan fingerprint density at radius 1 is 0.923 bits per heavy atom. The molecule has 0 amide bonds. The fourth-order valence-electron chi connectivity index (χ4n) is 2.54. The molecule has 0 unspecified atom stereocenters. The molecule has 5 heteroatoms. The zero-order valence-corrected chi connectivity index (χ0v) is 7.92. The van der Waals surface area contributed by atoms with Gasteiger partial charge in [-0.05, 0) is 37.0 Å². The zero-order valence-electron chi connectivity index (χ0n) is 7.10. The van der Waals surface area contributed by atoms with Crippen molar-refractivity contribution in [2.75, 3.05) is 0 Å². The molecule has 1 aromatic rings. The summed E-state index contributed by atoms with van der Waals surface area (Å²) >= 11 is 0.847. The molecule has 3 aliphatic rings. The minimum absolute atomic E-state index is 0.0700. The second kappa shape index (κ2) is 2.35. The van der Waals surface area contributed by atoms with Crippen LogP contribution in [0.25, 0.3) is 0 Å². The second-order valence-corrected chi connectivity index (χ2v) is 4.69. The molecule has 0 spiro atoms. The number of hydrogen-bond donors (Lipinski definition) is 0. The van der Waals surface area contributed by atoms with E-state index in [4.69, 9.17) is 0 Å². The van der Waals surface area contributed by atoms with Gasteiger partial charge < -0.3 is 0 Å². The molecular weight excluding hydrogens is 188 g/mol. The lowest BCUT2D eigenvalue weighted by Gasteiger charge is -2.37. The van der Waals surface area contributed by atoms with Gasteiger partial charge in [0.05, 0.1) is 12.1 Å². The number of rotatable bonds is 0. The van der Waals surface area contributed by atoms with E-state index in [0.29, 0.717) is 12.1 Å². The Bertz CT molecular complexity index is 407. The average Bonchev–Trinajstić information content (AvgIpc) is 2.47. The first-order chi connectivity index (χ1) is 6.27. The highest BCUT2D eigenvalue weighted by Gasteiger charge is 2.34. The molecule has 0 atom stereocenters. The lowest BCUT2D eigenvalue weighted by atomic mass is 9.89. The van der Waals surface area contributed by atoms with Crippen molar-refractivity contribution in [3.8, 4) is 0 Å². The Morgan fingerprint density at radius 3 is 1.69 bits per heavy atom. The molecule has 3 heterocycles. The van der Waals surface area contributed by atoms with E-state index in [0.717, 1.165) is 37.0 Å². The Morgan fingerprint density at radius 2 is 1.31 bits per heavy atom. The second-order valence-electron chi connectivity index (χ2n) is 3.79.